The Morgan fingerprint density at radius 1 is 1.48 bits per heavy atom. The zero-order valence-corrected chi connectivity index (χ0v) is 17.8. The minimum atomic E-state index is -0.288. The molecule has 2 aromatic rings. The monoisotopic (exact) mass is 489 g/mol. The Kier molecular flexibility index (Phi) is 8.20. The number of aliphatic imine (C=N–C) groups is 1. The van der Waals surface area contributed by atoms with Gasteiger partial charge in [0.1, 0.15) is 0 Å². The highest BCUT2D eigenvalue weighted by atomic mass is 127. The molecule has 0 radical (unpaired) electrons. The molecule has 10 heteroatoms. The highest BCUT2D eigenvalue weighted by Gasteiger charge is 2.25. The molecule has 0 saturated carbocycles. The second-order valence-corrected chi connectivity index (χ2v) is 6.13. The predicted molar refractivity (Wildman–Crippen MR) is 112 cm³/mol. The molecule has 148 valence electrons. The maximum atomic E-state index is 13.9. The Balaban J connectivity index is 0.00000261. The first-order valence-electron chi connectivity index (χ1n) is 8.85. The van der Waals surface area contributed by atoms with Gasteiger partial charge in [0.2, 0.25) is 5.89 Å². The van der Waals surface area contributed by atoms with Crippen LogP contribution in [0.2, 0.25) is 0 Å². The van der Waals surface area contributed by atoms with Crippen LogP contribution in [0.3, 0.4) is 0 Å². The van der Waals surface area contributed by atoms with Gasteiger partial charge in [0.25, 0.3) is 0 Å². The third kappa shape index (κ3) is 6.01. The molecule has 0 bridgehead atoms. The molecule has 0 spiro atoms. The fraction of sp³-hybridized carbons (Fsp3) is 0.529. The van der Waals surface area contributed by atoms with Crippen LogP contribution in [0.1, 0.15) is 25.1 Å². The van der Waals surface area contributed by atoms with E-state index in [4.69, 9.17) is 4.52 Å². The van der Waals surface area contributed by atoms with E-state index >= 15 is 0 Å². The first-order chi connectivity index (χ1) is 12.7. The van der Waals surface area contributed by atoms with Gasteiger partial charge in [-0.25, -0.2) is 9.37 Å². The Bertz CT molecular complexity index is 754. The Labute approximate surface area is 175 Å². The molecule has 0 aromatic carbocycles. The van der Waals surface area contributed by atoms with E-state index in [0.29, 0.717) is 37.0 Å². The first kappa shape index (κ1) is 21.3. The van der Waals surface area contributed by atoms with Gasteiger partial charge in [0, 0.05) is 38.3 Å². The van der Waals surface area contributed by atoms with E-state index in [1.165, 1.54) is 6.07 Å². The van der Waals surface area contributed by atoms with Gasteiger partial charge in [-0.15, -0.1) is 24.0 Å². The van der Waals surface area contributed by atoms with E-state index in [0.717, 1.165) is 25.5 Å². The van der Waals surface area contributed by atoms with E-state index in [9.17, 15) is 4.39 Å². The molecule has 2 aromatic heterocycles. The summed E-state index contributed by atoms with van der Waals surface area (Å²) in [7, 11) is 0. The van der Waals surface area contributed by atoms with Crippen LogP contribution >= 0.6 is 24.0 Å². The lowest BCUT2D eigenvalue weighted by Crippen LogP contribution is -2.44. The van der Waals surface area contributed by atoms with Crippen molar-refractivity contribution in [2.75, 3.05) is 31.1 Å². The van der Waals surface area contributed by atoms with Crippen LogP contribution in [0.15, 0.2) is 27.8 Å². The largest absolute Gasteiger partial charge is 0.357 e. The number of aromatic nitrogens is 3. The maximum absolute atomic E-state index is 13.9. The number of rotatable bonds is 6. The van der Waals surface area contributed by atoms with Gasteiger partial charge in [-0.2, -0.15) is 4.98 Å². The highest BCUT2D eigenvalue weighted by molar-refractivity contribution is 14.0. The lowest BCUT2D eigenvalue weighted by molar-refractivity contribution is 0.376. The third-order valence-electron chi connectivity index (χ3n) is 4.08. The second kappa shape index (κ2) is 10.4. The van der Waals surface area contributed by atoms with Crippen molar-refractivity contribution in [1.82, 2.24) is 25.8 Å². The summed E-state index contributed by atoms with van der Waals surface area (Å²) < 4.78 is 19.0. The van der Waals surface area contributed by atoms with Crippen molar-refractivity contribution >= 4 is 35.8 Å². The van der Waals surface area contributed by atoms with Gasteiger partial charge < -0.3 is 20.1 Å². The van der Waals surface area contributed by atoms with E-state index < -0.39 is 0 Å². The number of anilines is 1. The zero-order chi connectivity index (χ0) is 18.4. The van der Waals surface area contributed by atoms with Crippen molar-refractivity contribution in [3.05, 3.63) is 35.9 Å². The van der Waals surface area contributed by atoms with Crippen molar-refractivity contribution in [2.45, 2.75) is 32.7 Å². The quantitative estimate of drug-likeness (QED) is 0.364. The number of pyridine rings is 1. The Hall–Kier alpha value is -1.98. The number of halogens is 2. The SMILES string of the molecule is CCNC(=NCCc1nc(C)no1)NC1CCN(c2ncccc2F)C1.I. The fourth-order valence-electron chi connectivity index (χ4n) is 2.90. The van der Waals surface area contributed by atoms with Crippen LogP contribution < -0.4 is 15.5 Å². The lowest BCUT2D eigenvalue weighted by atomic mass is 10.3. The van der Waals surface area contributed by atoms with Gasteiger partial charge in [0.05, 0.1) is 6.54 Å². The molecule has 1 aliphatic heterocycles. The van der Waals surface area contributed by atoms with Crippen molar-refractivity contribution in [3.8, 4) is 0 Å². The molecular formula is C17H25FIN7O. The Morgan fingerprint density at radius 3 is 3.04 bits per heavy atom. The van der Waals surface area contributed by atoms with Crippen LogP contribution in [-0.4, -0.2) is 53.3 Å². The second-order valence-electron chi connectivity index (χ2n) is 6.13. The summed E-state index contributed by atoms with van der Waals surface area (Å²) in [6, 6.07) is 3.22. The summed E-state index contributed by atoms with van der Waals surface area (Å²) >= 11 is 0. The van der Waals surface area contributed by atoms with Gasteiger partial charge in [-0.3, -0.25) is 4.99 Å². The number of nitrogens with one attached hydrogen (secondary N) is 2. The molecule has 1 aliphatic rings. The highest BCUT2D eigenvalue weighted by Crippen LogP contribution is 2.20. The summed E-state index contributed by atoms with van der Waals surface area (Å²) in [4.78, 5) is 14.8. The molecule has 8 nitrogen and oxygen atoms in total. The number of nitrogens with zero attached hydrogens (tertiary/aromatic N) is 5. The summed E-state index contributed by atoms with van der Waals surface area (Å²) in [5, 5.41) is 10.4. The van der Waals surface area contributed by atoms with Crippen LogP contribution in [-0.2, 0) is 6.42 Å². The van der Waals surface area contributed by atoms with Gasteiger partial charge in [-0.05, 0) is 32.4 Å². The molecule has 1 atom stereocenters. The van der Waals surface area contributed by atoms with E-state index in [1.807, 2.05) is 11.8 Å². The van der Waals surface area contributed by atoms with E-state index in [-0.39, 0.29) is 35.8 Å². The summed E-state index contributed by atoms with van der Waals surface area (Å²) in [6.45, 7) is 6.55. The summed E-state index contributed by atoms with van der Waals surface area (Å²) in [5.74, 6) is 2.06. The standard InChI is InChI=1S/C17H24FN7O.HI/c1-3-19-17(21-9-6-15-22-12(2)24-26-15)23-13-7-10-25(11-13)16-14(18)5-4-8-20-16;/h4-5,8,13H,3,6-7,9-11H2,1-2H3,(H2,19,21,23);1H. The topological polar surface area (TPSA) is 91.5 Å². The summed E-state index contributed by atoms with van der Waals surface area (Å²) in [6.07, 6.45) is 3.10. The Morgan fingerprint density at radius 2 is 2.33 bits per heavy atom. The first-order valence-corrected chi connectivity index (χ1v) is 8.85. The van der Waals surface area contributed by atoms with E-state index in [2.05, 4.69) is 30.8 Å². The van der Waals surface area contributed by atoms with Gasteiger partial charge >= 0.3 is 0 Å². The molecule has 0 aliphatic carbocycles. The lowest BCUT2D eigenvalue weighted by Gasteiger charge is -2.19. The number of guanidine groups is 1. The molecule has 2 N–H and O–H groups in total. The van der Waals surface area contributed by atoms with Crippen LogP contribution in [0.25, 0.3) is 0 Å². The third-order valence-corrected chi connectivity index (χ3v) is 4.08. The zero-order valence-electron chi connectivity index (χ0n) is 15.5. The van der Waals surface area contributed by atoms with Crippen molar-refractivity contribution in [2.24, 2.45) is 4.99 Å². The smallest absolute Gasteiger partial charge is 0.228 e. The number of hydrogen-bond acceptors (Lipinski definition) is 6. The molecular weight excluding hydrogens is 464 g/mol. The van der Waals surface area contributed by atoms with E-state index in [1.54, 1.807) is 19.2 Å². The van der Waals surface area contributed by atoms with Gasteiger partial charge in [-0.1, -0.05) is 5.16 Å². The fourth-order valence-corrected chi connectivity index (χ4v) is 2.90. The van der Waals surface area contributed by atoms with Crippen LogP contribution in [0, 0.1) is 12.7 Å². The minimum Gasteiger partial charge on any atom is -0.357 e. The molecule has 1 unspecified atom stereocenters. The molecule has 3 heterocycles. The average molecular weight is 489 g/mol. The number of hydrogen-bond donors (Lipinski definition) is 2. The van der Waals surface area contributed by atoms with Crippen LogP contribution in [0.4, 0.5) is 10.2 Å². The van der Waals surface area contributed by atoms with Crippen LogP contribution in [0.5, 0.6) is 0 Å². The minimum absolute atomic E-state index is 0. The molecule has 3 rings (SSSR count). The van der Waals surface area contributed by atoms with Crippen molar-refractivity contribution < 1.29 is 8.91 Å². The summed E-state index contributed by atoms with van der Waals surface area (Å²) in [5.41, 5.74) is 0. The van der Waals surface area contributed by atoms with Crippen molar-refractivity contribution in [1.29, 1.82) is 0 Å². The number of aryl methyl sites for hydroxylation is 1. The molecule has 27 heavy (non-hydrogen) atoms. The maximum Gasteiger partial charge on any atom is 0.228 e. The van der Waals surface area contributed by atoms with Crippen molar-refractivity contribution in [3.63, 3.8) is 0 Å². The molecule has 0 amide bonds. The molecule has 1 saturated heterocycles. The van der Waals surface area contributed by atoms with Gasteiger partial charge in [0.15, 0.2) is 23.4 Å². The molecule has 1 fully saturated rings. The predicted octanol–water partition coefficient (Wildman–Crippen LogP) is 1.91. The normalized spacial score (nSPS) is 16.9. The average Bonchev–Trinajstić information content (AvgIpc) is 3.25.